The summed E-state index contributed by atoms with van der Waals surface area (Å²) in [6, 6.07) is 10.8. The SMILES string of the molecule is COc1ccc(-c2csc(NC(=O)c3ccc(OC(F)F)cc3)n2)cc1OC. The predicted octanol–water partition coefficient (Wildman–Crippen LogP) is 4.68. The predicted molar refractivity (Wildman–Crippen MR) is 102 cm³/mol. The second-order valence-electron chi connectivity index (χ2n) is 5.46. The average Bonchev–Trinajstić information content (AvgIpc) is 3.16. The molecule has 6 nitrogen and oxygen atoms in total. The molecule has 0 atom stereocenters. The third-order valence-electron chi connectivity index (χ3n) is 3.75. The number of halogens is 2. The van der Waals surface area contributed by atoms with Crippen LogP contribution in [0.3, 0.4) is 0 Å². The zero-order valence-corrected chi connectivity index (χ0v) is 15.8. The Bertz CT molecular complexity index is 961. The summed E-state index contributed by atoms with van der Waals surface area (Å²) in [7, 11) is 3.10. The molecule has 1 amide bonds. The van der Waals surface area contributed by atoms with Gasteiger partial charge in [-0.1, -0.05) is 0 Å². The number of hydrogen-bond donors (Lipinski definition) is 1. The van der Waals surface area contributed by atoms with Crippen LogP contribution in [0, 0.1) is 0 Å². The van der Waals surface area contributed by atoms with Crippen LogP contribution in [0.5, 0.6) is 17.2 Å². The van der Waals surface area contributed by atoms with Crippen molar-refractivity contribution in [3.8, 4) is 28.5 Å². The molecule has 0 saturated heterocycles. The molecule has 28 heavy (non-hydrogen) atoms. The van der Waals surface area contributed by atoms with Gasteiger partial charge in [-0.05, 0) is 42.5 Å². The van der Waals surface area contributed by atoms with Crippen molar-refractivity contribution in [3.05, 3.63) is 53.4 Å². The summed E-state index contributed by atoms with van der Waals surface area (Å²) in [5.41, 5.74) is 1.77. The number of benzene rings is 2. The molecule has 0 aliphatic carbocycles. The van der Waals surface area contributed by atoms with Gasteiger partial charge in [-0.3, -0.25) is 10.1 Å². The van der Waals surface area contributed by atoms with Crippen LogP contribution in [0.2, 0.25) is 0 Å². The summed E-state index contributed by atoms with van der Waals surface area (Å²) in [6.45, 7) is -2.91. The lowest BCUT2D eigenvalue weighted by Crippen LogP contribution is -2.11. The first-order valence-corrected chi connectivity index (χ1v) is 8.92. The third-order valence-corrected chi connectivity index (χ3v) is 4.50. The zero-order chi connectivity index (χ0) is 20.1. The third kappa shape index (κ3) is 4.55. The fraction of sp³-hybridized carbons (Fsp3) is 0.158. The molecule has 3 rings (SSSR count). The fourth-order valence-corrected chi connectivity index (χ4v) is 3.13. The number of ether oxygens (including phenoxy) is 3. The van der Waals surface area contributed by atoms with Crippen molar-refractivity contribution in [2.75, 3.05) is 19.5 Å². The second kappa shape index (κ2) is 8.66. The summed E-state index contributed by atoms with van der Waals surface area (Å²) in [6.07, 6.45) is 0. The number of anilines is 1. The van der Waals surface area contributed by atoms with Crippen molar-refractivity contribution in [2.45, 2.75) is 6.61 Å². The van der Waals surface area contributed by atoms with Gasteiger partial charge < -0.3 is 14.2 Å². The highest BCUT2D eigenvalue weighted by molar-refractivity contribution is 7.14. The minimum absolute atomic E-state index is 0.0171. The number of methoxy groups -OCH3 is 2. The molecule has 0 spiro atoms. The van der Waals surface area contributed by atoms with Gasteiger partial charge in [0.1, 0.15) is 5.75 Å². The fourth-order valence-electron chi connectivity index (χ4n) is 2.42. The summed E-state index contributed by atoms with van der Waals surface area (Å²) in [5, 5.41) is 4.89. The maximum absolute atomic E-state index is 12.3. The van der Waals surface area contributed by atoms with Gasteiger partial charge in [0, 0.05) is 16.5 Å². The Hall–Kier alpha value is -3.20. The molecule has 1 aromatic heterocycles. The molecule has 9 heteroatoms. The largest absolute Gasteiger partial charge is 0.493 e. The highest BCUT2D eigenvalue weighted by Crippen LogP contribution is 2.33. The number of carbonyl (C=O) groups is 1. The maximum atomic E-state index is 12.3. The smallest absolute Gasteiger partial charge is 0.387 e. The molecule has 0 aliphatic rings. The summed E-state index contributed by atoms with van der Waals surface area (Å²) in [4.78, 5) is 16.7. The van der Waals surface area contributed by atoms with Gasteiger partial charge in [0.2, 0.25) is 0 Å². The summed E-state index contributed by atoms with van der Waals surface area (Å²) < 4.78 is 39.1. The Kier molecular flexibility index (Phi) is 6.05. The average molecular weight is 406 g/mol. The Morgan fingerprint density at radius 1 is 1.07 bits per heavy atom. The molecule has 0 aliphatic heterocycles. The highest BCUT2D eigenvalue weighted by Gasteiger charge is 2.13. The quantitative estimate of drug-likeness (QED) is 0.617. The molecule has 3 aromatic rings. The van der Waals surface area contributed by atoms with E-state index < -0.39 is 12.5 Å². The van der Waals surface area contributed by atoms with E-state index in [-0.39, 0.29) is 5.75 Å². The standard InChI is InChI=1S/C19H16F2N2O4S/c1-25-15-8-5-12(9-16(15)26-2)14-10-28-19(22-14)23-17(24)11-3-6-13(7-4-11)27-18(20)21/h3-10,18H,1-2H3,(H,22,23,24). The number of carbonyl (C=O) groups excluding carboxylic acids is 1. The molecular weight excluding hydrogens is 390 g/mol. The van der Waals surface area contributed by atoms with E-state index in [2.05, 4.69) is 15.0 Å². The van der Waals surface area contributed by atoms with Crippen LogP contribution in [-0.4, -0.2) is 31.7 Å². The minimum Gasteiger partial charge on any atom is -0.493 e. The van der Waals surface area contributed by atoms with Gasteiger partial charge in [0.05, 0.1) is 19.9 Å². The van der Waals surface area contributed by atoms with E-state index >= 15 is 0 Å². The molecule has 1 N–H and O–H groups in total. The van der Waals surface area contributed by atoms with E-state index in [1.807, 2.05) is 6.07 Å². The maximum Gasteiger partial charge on any atom is 0.387 e. The van der Waals surface area contributed by atoms with Gasteiger partial charge >= 0.3 is 6.61 Å². The van der Waals surface area contributed by atoms with Crippen molar-refractivity contribution in [3.63, 3.8) is 0 Å². The summed E-state index contributed by atoms with van der Waals surface area (Å²) >= 11 is 1.26. The number of amides is 1. The molecule has 0 saturated carbocycles. The molecule has 0 fully saturated rings. The van der Waals surface area contributed by atoms with Crippen LogP contribution in [0.15, 0.2) is 47.8 Å². The Morgan fingerprint density at radius 3 is 2.43 bits per heavy atom. The van der Waals surface area contributed by atoms with Crippen molar-refractivity contribution in [1.82, 2.24) is 4.98 Å². The zero-order valence-electron chi connectivity index (χ0n) is 14.9. The minimum atomic E-state index is -2.91. The van der Waals surface area contributed by atoms with Crippen LogP contribution >= 0.6 is 11.3 Å². The Balaban J connectivity index is 1.71. The van der Waals surface area contributed by atoms with Crippen LogP contribution in [-0.2, 0) is 0 Å². The number of alkyl halides is 2. The van der Waals surface area contributed by atoms with E-state index in [0.717, 1.165) is 5.56 Å². The van der Waals surface area contributed by atoms with Gasteiger partial charge in [0.25, 0.3) is 5.91 Å². The number of nitrogens with zero attached hydrogens (tertiary/aromatic N) is 1. The number of aromatic nitrogens is 1. The Morgan fingerprint density at radius 2 is 1.79 bits per heavy atom. The molecule has 0 unspecified atom stereocenters. The van der Waals surface area contributed by atoms with Crippen LogP contribution in [0.4, 0.5) is 13.9 Å². The van der Waals surface area contributed by atoms with E-state index in [1.54, 1.807) is 31.7 Å². The van der Waals surface area contributed by atoms with Gasteiger partial charge in [-0.2, -0.15) is 8.78 Å². The second-order valence-corrected chi connectivity index (χ2v) is 6.32. The lowest BCUT2D eigenvalue weighted by atomic mass is 10.1. The van der Waals surface area contributed by atoms with E-state index in [9.17, 15) is 13.6 Å². The normalized spacial score (nSPS) is 10.6. The molecule has 146 valence electrons. The first-order chi connectivity index (χ1) is 13.5. The van der Waals surface area contributed by atoms with Crippen LogP contribution < -0.4 is 19.5 Å². The van der Waals surface area contributed by atoms with Crippen molar-refractivity contribution in [2.24, 2.45) is 0 Å². The number of thiazole rings is 1. The molecular formula is C19H16F2N2O4S. The number of hydrogen-bond acceptors (Lipinski definition) is 6. The number of rotatable bonds is 7. The topological polar surface area (TPSA) is 69.7 Å². The summed E-state index contributed by atoms with van der Waals surface area (Å²) in [5.74, 6) is 0.757. The molecule has 1 heterocycles. The number of nitrogens with one attached hydrogen (secondary N) is 1. The molecule has 0 bridgehead atoms. The molecule has 2 aromatic carbocycles. The highest BCUT2D eigenvalue weighted by atomic mass is 32.1. The van der Waals surface area contributed by atoms with Gasteiger partial charge in [-0.15, -0.1) is 11.3 Å². The lowest BCUT2D eigenvalue weighted by Gasteiger charge is -2.08. The van der Waals surface area contributed by atoms with Crippen molar-refractivity contribution < 1.29 is 27.8 Å². The van der Waals surface area contributed by atoms with Crippen LogP contribution in [0.1, 0.15) is 10.4 Å². The van der Waals surface area contributed by atoms with Crippen LogP contribution in [0.25, 0.3) is 11.3 Å². The first kappa shape index (κ1) is 19.6. The van der Waals surface area contributed by atoms with Gasteiger partial charge in [-0.25, -0.2) is 4.98 Å². The lowest BCUT2D eigenvalue weighted by molar-refractivity contribution is -0.0498. The first-order valence-electron chi connectivity index (χ1n) is 8.04. The molecule has 0 radical (unpaired) electrons. The van der Waals surface area contributed by atoms with E-state index in [1.165, 1.54) is 35.6 Å². The van der Waals surface area contributed by atoms with E-state index in [0.29, 0.717) is 27.9 Å². The van der Waals surface area contributed by atoms with Crippen molar-refractivity contribution >= 4 is 22.4 Å². The van der Waals surface area contributed by atoms with Crippen molar-refractivity contribution in [1.29, 1.82) is 0 Å². The Labute approximate surface area is 163 Å². The monoisotopic (exact) mass is 406 g/mol. The van der Waals surface area contributed by atoms with E-state index in [4.69, 9.17) is 9.47 Å². The van der Waals surface area contributed by atoms with Gasteiger partial charge in [0.15, 0.2) is 16.6 Å².